The number of nitrogens with zero attached hydrogens (tertiary/aromatic N) is 4. The van der Waals surface area contributed by atoms with Crippen LogP contribution in [0.15, 0.2) is 176 Å². The minimum Gasteiger partial charge on any atom is -0.309 e. The first-order valence-electron chi connectivity index (χ1n) is 18.6. The number of benzene rings is 7. The predicted molar refractivity (Wildman–Crippen MR) is 230 cm³/mol. The Labute approximate surface area is 315 Å². The summed E-state index contributed by atoms with van der Waals surface area (Å²) in [6.07, 6.45) is 0. The maximum absolute atomic E-state index is 5.22. The smallest absolute Gasteiger partial charge is 0.235 e. The van der Waals surface area contributed by atoms with Crippen LogP contribution in [0.4, 0.5) is 0 Å². The lowest BCUT2D eigenvalue weighted by atomic mass is 10.0. The molecule has 54 heavy (non-hydrogen) atoms. The zero-order valence-corrected chi connectivity index (χ0v) is 31.5. The third-order valence-corrected chi connectivity index (χ3v) is 12.8. The SMILES string of the molecule is C[Si](C)(C)c1ccc(-n2c3ccccc3c3ccc(-c4ccc5c(c4)c4ccccc4n5-c4nc(-c5ccccc5)cc(-c5ccccc5)n4)cc32)cc1. The highest BCUT2D eigenvalue weighted by Crippen LogP contribution is 2.38. The van der Waals surface area contributed by atoms with Crippen LogP contribution in [0.1, 0.15) is 0 Å². The summed E-state index contributed by atoms with van der Waals surface area (Å²) in [5.41, 5.74) is 12.0. The summed E-state index contributed by atoms with van der Waals surface area (Å²) < 4.78 is 4.65. The molecular formula is C49H38N4Si. The van der Waals surface area contributed by atoms with Gasteiger partial charge in [0.2, 0.25) is 5.95 Å². The summed E-state index contributed by atoms with van der Waals surface area (Å²) in [4.78, 5) is 10.4. The van der Waals surface area contributed by atoms with Crippen LogP contribution in [-0.2, 0) is 0 Å². The molecule has 0 spiro atoms. The van der Waals surface area contributed by atoms with Crippen molar-refractivity contribution in [1.82, 2.24) is 19.1 Å². The number of hydrogen-bond donors (Lipinski definition) is 0. The van der Waals surface area contributed by atoms with Crippen molar-refractivity contribution in [2.24, 2.45) is 0 Å². The molecule has 0 aliphatic heterocycles. The monoisotopic (exact) mass is 710 g/mol. The van der Waals surface area contributed by atoms with E-state index >= 15 is 0 Å². The second-order valence-electron chi connectivity index (χ2n) is 15.1. The van der Waals surface area contributed by atoms with E-state index in [4.69, 9.17) is 9.97 Å². The van der Waals surface area contributed by atoms with Crippen molar-refractivity contribution in [2.75, 3.05) is 0 Å². The van der Waals surface area contributed by atoms with Crippen molar-refractivity contribution >= 4 is 56.9 Å². The van der Waals surface area contributed by atoms with Gasteiger partial charge in [0.15, 0.2) is 0 Å². The first kappa shape index (κ1) is 32.1. The summed E-state index contributed by atoms with van der Waals surface area (Å²) in [6.45, 7) is 7.21. The van der Waals surface area contributed by atoms with Crippen molar-refractivity contribution in [2.45, 2.75) is 19.6 Å². The Morgan fingerprint density at radius 1 is 0.370 bits per heavy atom. The van der Waals surface area contributed by atoms with Gasteiger partial charge < -0.3 is 4.57 Å². The lowest BCUT2D eigenvalue weighted by Crippen LogP contribution is -2.37. The van der Waals surface area contributed by atoms with E-state index in [2.05, 4.69) is 193 Å². The van der Waals surface area contributed by atoms with E-state index in [1.807, 2.05) is 12.1 Å². The molecule has 5 heteroatoms. The van der Waals surface area contributed by atoms with Gasteiger partial charge in [-0.25, -0.2) is 9.97 Å². The van der Waals surface area contributed by atoms with Gasteiger partial charge in [-0.2, -0.15) is 0 Å². The Morgan fingerprint density at radius 2 is 0.870 bits per heavy atom. The molecule has 0 saturated heterocycles. The summed E-state index contributed by atoms with van der Waals surface area (Å²) in [6, 6.07) is 63.2. The molecule has 3 aromatic heterocycles. The van der Waals surface area contributed by atoms with Gasteiger partial charge in [0.05, 0.1) is 41.5 Å². The van der Waals surface area contributed by atoms with E-state index in [1.54, 1.807) is 0 Å². The highest BCUT2D eigenvalue weighted by atomic mass is 28.3. The summed E-state index contributed by atoms with van der Waals surface area (Å²) in [5, 5.41) is 6.32. The largest absolute Gasteiger partial charge is 0.309 e. The molecule has 0 atom stereocenters. The van der Waals surface area contributed by atoms with Gasteiger partial charge in [-0.3, -0.25) is 4.57 Å². The maximum Gasteiger partial charge on any atom is 0.235 e. The standard InChI is InChI=1S/C49H38N4Si/c1-54(2,3)38-26-24-37(25-27-38)52-45-20-12-10-18-39(45)41-28-22-36(31-48(41)52)35-23-29-47-42(30-35)40-19-11-13-21-46(40)53(47)49-50-43(33-14-6-4-7-15-33)32-44(51-49)34-16-8-5-9-17-34/h4-32H,1-3H3. The molecule has 0 saturated carbocycles. The van der Waals surface area contributed by atoms with Crippen LogP contribution >= 0.6 is 0 Å². The molecule has 0 unspecified atom stereocenters. The molecule has 10 aromatic rings. The van der Waals surface area contributed by atoms with E-state index in [1.165, 1.54) is 54.6 Å². The molecule has 0 aliphatic rings. The van der Waals surface area contributed by atoms with E-state index in [0.717, 1.165) is 33.5 Å². The molecule has 0 fully saturated rings. The number of para-hydroxylation sites is 2. The molecule has 258 valence electrons. The van der Waals surface area contributed by atoms with Gasteiger partial charge in [0.25, 0.3) is 0 Å². The van der Waals surface area contributed by atoms with Crippen LogP contribution in [0.3, 0.4) is 0 Å². The fourth-order valence-corrected chi connectivity index (χ4v) is 9.12. The Hall–Kier alpha value is -6.56. The molecule has 0 bridgehead atoms. The highest BCUT2D eigenvalue weighted by molar-refractivity contribution is 6.88. The van der Waals surface area contributed by atoms with E-state index in [0.29, 0.717) is 5.95 Å². The minimum atomic E-state index is -1.42. The average Bonchev–Trinajstić information content (AvgIpc) is 3.73. The van der Waals surface area contributed by atoms with Gasteiger partial charge in [-0.05, 0) is 59.7 Å². The number of rotatable bonds is 6. The van der Waals surface area contributed by atoms with Crippen LogP contribution in [0, 0.1) is 0 Å². The van der Waals surface area contributed by atoms with Crippen molar-refractivity contribution in [3.63, 3.8) is 0 Å². The molecular weight excluding hydrogens is 673 g/mol. The highest BCUT2D eigenvalue weighted by Gasteiger charge is 2.20. The Bertz CT molecular complexity index is 2950. The average molecular weight is 711 g/mol. The summed E-state index contributed by atoms with van der Waals surface area (Å²) in [5.74, 6) is 0.653. The van der Waals surface area contributed by atoms with Gasteiger partial charge in [-0.1, -0.05) is 152 Å². The third kappa shape index (κ3) is 5.36. The molecule has 4 nitrogen and oxygen atoms in total. The molecule has 0 aliphatic carbocycles. The first-order chi connectivity index (χ1) is 26.4. The fourth-order valence-electron chi connectivity index (χ4n) is 7.95. The quantitative estimate of drug-likeness (QED) is 0.161. The van der Waals surface area contributed by atoms with Gasteiger partial charge in [0.1, 0.15) is 0 Å². The molecule has 10 rings (SSSR count). The minimum absolute atomic E-state index is 0.653. The lowest BCUT2D eigenvalue weighted by molar-refractivity contribution is 0.995. The summed E-state index contributed by atoms with van der Waals surface area (Å²) in [7, 11) is -1.42. The van der Waals surface area contributed by atoms with Gasteiger partial charge in [-0.15, -0.1) is 0 Å². The van der Waals surface area contributed by atoms with Crippen LogP contribution in [0.25, 0.3) is 88.9 Å². The van der Waals surface area contributed by atoms with Crippen molar-refractivity contribution in [1.29, 1.82) is 0 Å². The normalized spacial score (nSPS) is 12.0. The zero-order chi connectivity index (χ0) is 36.4. The van der Waals surface area contributed by atoms with E-state index < -0.39 is 8.07 Å². The van der Waals surface area contributed by atoms with Crippen LogP contribution in [0.5, 0.6) is 0 Å². The van der Waals surface area contributed by atoms with Crippen molar-refractivity contribution in [3.05, 3.63) is 176 Å². The fraction of sp³-hybridized carbons (Fsp3) is 0.0612. The van der Waals surface area contributed by atoms with Gasteiger partial charge in [0, 0.05) is 38.4 Å². The summed E-state index contributed by atoms with van der Waals surface area (Å²) >= 11 is 0. The topological polar surface area (TPSA) is 35.6 Å². The second-order valence-corrected chi connectivity index (χ2v) is 20.2. The van der Waals surface area contributed by atoms with Gasteiger partial charge >= 0.3 is 0 Å². The van der Waals surface area contributed by atoms with Crippen molar-refractivity contribution in [3.8, 4) is 45.3 Å². The second kappa shape index (κ2) is 12.5. The Morgan fingerprint density at radius 3 is 1.50 bits per heavy atom. The van der Waals surface area contributed by atoms with Crippen LogP contribution in [0.2, 0.25) is 19.6 Å². The van der Waals surface area contributed by atoms with E-state index in [-0.39, 0.29) is 0 Å². The molecule has 0 radical (unpaired) electrons. The number of aromatic nitrogens is 4. The Kier molecular flexibility index (Phi) is 7.46. The number of hydrogen-bond acceptors (Lipinski definition) is 2. The Balaban J connectivity index is 1.16. The van der Waals surface area contributed by atoms with Crippen molar-refractivity contribution < 1.29 is 0 Å². The number of fused-ring (bicyclic) bond motifs is 6. The molecule has 0 amide bonds. The van der Waals surface area contributed by atoms with Crippen LogP contribution in [-0.4, -0.2) is 27.2 Å². The zero-order valence-electron chi connectivity index (χ0n) is 30.5. The lowest BCUT2D eigenvalue weighted by Gasteiger charge is -2.17. The molecule has 0 N–H and O–H groups in total. The third-order valence-electron chi connectivity index (χ3n) is 10.7. The predicted octanol–water partition coefficient (Wildman–Crippen LogP) is 12.2. The van der Waals surface area contributed by atoms with E-state index in [9.17, 15) is 0 Å². The molecule has 7 aromatic carbocycles. The first-order valence-corrected chi connectivity index (χ1v) is 22.1. The molecule has 3 heterocycles. The maximum atomic E-state index is 5.22. The van der Waals surface area contributed by atoms with Crippen LogP contribution < -0.4 is 5.19 Å².